The quantitative estimate of drug-likeness (QED) is 0.340. The van der Waals surface area contributed by atoms with E-state index in [4.69, 9.17) is 11.2 Å². The topological polar surface area (TPSA) is 9.23 Å². The van der Waals surface area contributed by atoms with Crippen LogP contribution in [-0.4, -0.2) is 16.6 Å². The van der Waals surface area contributed by atoms with Crippen molar-refractivity contribution in [3.63, 3.8) is 0 Å². The summed E-state index contributed by atoms with van der Waals surface area (Å²) in [6.07, 6.45) is 6.24. The van der Waals surface area contributed by atoms with Gasteiger partial charge in [-0.05, 0) is 6.42 Å². The maximum Gasteiger partial charge on any atom is 0.119 e. The van der Waals surface area contributed by atoms with Gasteiger partial charge in [-0.3, -0.25) is 0 Å². The molecule has 2 atom stereocenters. The van der Waals surface area contributed by atoms with E-state index in [0.29, 0.717) is 3.92 Å². The van der Waals surface area contributed by atoms with Crippen molar-refractivity contribution >= 4 is 22.6 Å². The number of ether oxygens (including phenoxy) is 1. The second kappa shape index (κ2) is 2.70. The van der Waals surface area contributed by atoms with Gasteiger partial charge in [-0.15, -0.1) is 6.42 Å². The molecular formula is C6H7IO. The summed E-state index contributed by atoms with van der Waals surface area (Å²) < 4.78 is 5.80. The molecule has 0 saturated carbocycles. The van der Waals surface area contributed by atoms with Gasteiger partial charge in [0.25, 0.3) is 0 Å². The largest absolute Gasteiger partial charge is 0.364 e. The smallest absolute Gasteiger partial charge is 0.119 e. The molecule has 1 rings (SSSR count). The predicted octanol–water partition coefficient (Wildman–Crippen LogP) is 1.21. The Hall–Kier alpha value is 0.250. The monoisotopic (exact) mass is 222 g/mol. The lowest BCUT2D eigenvalue weighted by atomic mass is 10.2. The highest BCUT2D eigenvalue weighted by molar-refractivity contribution is 14.1. The van der Waals surface area contributed by atoms with E-state index in [2.05, 4.69) is 28.5 Å². The first kappa shape index (κ1) is 6.37. The van der Waals surface area contributed by atoms with Crippen LogP contribution >= 0.6 is 22.6 Å². The Morgan fingerprint density at radius 2 is 2.50 bits per heavy atom. The first-order chi connectivity index (χ1) is 3.83. The number of halogens is 1. The molecule has 1 aliphatic heterocycles. The zero-order valence-electron chi connectivity index (χ0n) is 4.43. The van der Waals surface area contributed by atoms with Crippen LogP contribution in [0.3, 0.4) is 0 Å². The lowest BCUT2D eigenvalue weighted by molar-refractivity contribution is 0.153. The standard InChI is InChI=1S/C6H7IO/c1-2-6-3-5(7)4-8-6/h1,5-6H,3-4H2/t5-,6-/m0/s1. The zero-order chi connectivity index (χ0) is 5.98. The van der Waals surface area contributed by atoms with Gasteiger partial charge in [-0.1, -0.05) is 28.5 Å². The molecule has 0 aliphatic carbocycles. The van der Waals surface area contributed by atoms with Crippen molar-refractivity contribution in [3.8, 4) is 12.3 Å². The zero-order valence-corrected chi connectivity index (χ0v) is 6.59. The maximum atomic E-state index is 5.17. The normalized spacial score (nSPS) is 37.0. The summed E-state index contributed by atoms with van der Waals surface area (Å²) in [7, 11) is 0. The second-order valence-corrected chi connectivity index (χ2v) is 3.58. The Bertz CT molecular complexity index is 116. The third kappa shape index (κ3) is 1.36. The van der Waals surface area contributed by atoms with Gasteiger partial charge in [0.1, 0.15) is 6.10 Å². The van der Waals surface area contributed by atoms with Crippen LogP contribution in [0.5, 0.6) is 0 Å². The number of hydrogen-bond donors (Lipinski definition) is 0. The highest BCUT2D eigenvalue weighted by atomic mass is 127. The molecule has 1 heterocycles. The van der Waals surface area contributed by atoms with Gasteiger partial charge in [0.15, 0.2) is 0 Å². The van der Waals surface area contributed by atoms with E-state index in [-0.39, 0.29) is 6.10 Å². The Labute approximate surface area is 62.9 Å². The molecule has 0 radical (unpaired) electrons. The maximum absolute atomic E-state index is 5.17. The van der Waals surface area contributed by atoms with Crippen molar-refractivity contribution in [2.75, 3.05) is 6.61 Å². The van der Waals surface area contributed by atoms with Crippen LogP contribution in [0, 0.1) is 12.3 Å². The summed E-state index contributed by atoms with van der Waals surface area (Å²) in [5, 5.41) is 0. The average Bonchev–Trinajstić information content (AvgIpc) is 2.14. The van der Waals surface area contributed by atoms with Crippen LogP contribution in [0.1, 0.15) is 6.42 Å². The lowest BCUT2D eigenvalue weighted by Gasteiger charge is -1.94. The van der Waals surface area contributed by atoms with E-state index in [9.17, 15) is 0 Å². The minimum atomic E-state index is 0.0944. The molecule has 0 N–H and O–H groups in total. The molecule has 0 aromatic rings. The molecule has 2 heteroatoms. The predicted molar refractivity (Wildman–Crippen MR) is 41.0 cm³/mol. The van der Waals surface area contributed by atoms with Crippen LogP contribution in [-0.2, 0) is 4.74 Å². The first-order valence-electron chi connectivity index (χ1n) is 2.54. The molecule has 0 aromatic heterocycles. The summed E-state index contributed by atoms with van der Waals surface area (Å²) in [6.45, 7) is 0.829. The molecule has 0 unspecified atom stereocenters. The molecule has 0 spiro atoms. The molecule has 1 saturated heterocycles. The number of terminal acetylenes is 1. The fourth-order valence-corrected chi connectivity index (χ4v) is 1.37. The Balaban J connectivity index is 2.35. The van der Waals surface area contributed by atoms with E-state index in [1.54, 1.807) is 0 Å². The van der Waals surface area contributed by atoms with Crippen molar-refractivity contribution in [1.82, 2.24) is 0 Å². The summed E-state index contributed by atoms with van der Waals surface area (Å²) in [4.78, 5) is 0. The molecule has 44 valence electrons. The number of hydrogen-bond acceptors (Lipinski definition) is 1. The third-order valence-corrected chi connectivity index (χ3v) is 2.00. The minimum Gasteiger partial charge on any atom is -0.364 e. The summed E-state index contributed by atoms with van der Waals surface area (Å²) in [5.41, 5.74) is 0. The van der Waals surface area contributed by atoms with Gasteiger partial charge in [0, 0.05) is 3.92 Å². The van der Waals surface area contributed by atoms with E-state index in [1.165, 1.54) is 0 Å². The molecule has 1 fully saturated rings. The number of alkyl halides is 1. The number of rotatable bonds is 0. The molecule has 1 aliphatic rings. The summed E-state index contributed by atoms with van der Waals surface area (Å²) in [5.74, 6) is 2.57. The molecule has 0 amide bonds. The van der Waals surface area contributed by atoms with Crippen molar-refractivity contribution < 1.29 is 4.74 Å². The van der Waals surface area contributed by atoms with Gasteiger partial charge in [-0.25, -0.2) is 0 Å². The van der Waals surface area contributed by atoms with E-state index in [1.807, 2.05) is 0 Å². The fraction of sp³-hybridized carbons (Fsp3) is 0.667. The molecule has 0 bridgehead atoms. The molecule has 1 nitrogen and oxygen atoms in total. The van der Waals surface area contributed by atoms with Crippen LogP contribution < -0.4 is 0 Å². The second-order valence-electron chi connectivity index (χ2n) is 1.82. The van der Waals surface area contributed by atoms with E-state index >= 15 is 0 Å². The van der Waals surface area contributed by atoms with E-state index < -0.39 is 0 Å². The Kier molecular flexibility index (Phi) is 2.15. The van der Waals surface area contributed by atoms with Crippen molar-refractivity contribution in [2.45, 2.75) is 16.4 Å². The molecule has 0 aromatic carbocycles. The van der Waals surface area contributed by atoms with E-state index in [0.717, 1.165) is 13.0 Å². The van der Waals surface area contributed by atoms with Gasteiger partial charge in [0.2, 0.25) is 0 Å². The summed E-state index contributed by atoms with van der Waals surface area (Å²) >= 11 is 2.35. The lowest BCUT2D eigenvalue weighted by Crippen LogP contribution is -1.98. The fourth-order valence-electron chi connectivity index (χ4n) is 0.705. The minimum absolute atomic E-state index is 0.0944. The van der Waals surface area contributed by atoms with Crippen molar-refractivity contribution in [3.05, 3.63) is 0 Å². The van der Waals surface area contributed by atoms with Gasteiger partial charge < -0.3 is 4.74 Å². The van der Waals surface area contributed by atoms with Gasteiger partial charge in [0.05, 0.1) is 6.61 Å². The van der Waals surface area contributed by atoms with Crippen LogP contribution in [0.4, 0.5) is 0 Å². The SMILES string of the molecule is C#C[C@H]1C[C@H](I)CO1. The first-order valence-corrected chi connectivity index (χ1v) is 3.79. The third-order valence-electron chi connectivity index (χ3n) is 1.13. The van der Waals surface area contributed by atoms with Gasteiger partial charge >= 0.3 is 0 Å². The van der Waals surface area contributed by atoms with Gasteiger partial charge in [-0.2, -0.15) is 0 Å². The Morgan fingerprint density at radius 3 is 2.75 bits per heavy atom. The van der Waals surface area contributed by atoms with Crippen molar-refractivity contribution in [1.29, 1.82) is 0 Å². The average molecular weight is 222 g/mol. The van der Waals surface area contributed by atoms with Crippen LogP contribution in [0.15, 0.2) is 0 Å². The molecule has 8 heavy (non-hydrogen) atoms. The van der Waals surface area contributed by atoms with Crippen LogP contribution in [0.2, 0.25) is 0 Å². The Morgan fingerprint density at radius 1 is 1.75 bits per heavy atom. The van der Waals surface area contributed by atoms with Crippen molar-refractivity contribution in [2.24, 2.45) is 0 Å². The van der Waals surface area contributed by atoms with Crippen LogP contribution in [0.25, 0.3) is 0 Å². The highest BCUT2D eigenvalue weighted by Crippen LogP contribution is 2.18. The molecular weight excluding hydrogens is 215 g/mol. The summed E-state index contributed by atoms with van der Waals surface area (Å²) in [6, 6.07) is 0. The highest BCUT2D eigenvalue weighted by Gasteiger charge is 2.20.